The fourth-order valence-corrected chi connectivity index (χ4v) is 4.25. The molecule has 1 saturated carbocycles. The van der Waals surface area contributed by atoms with E-state index in [0.717, 1.165) is 24.3 Å². The SMILES string of the molecule is Cn1ccc([C@@H]2CC[C@H]3OC4(CC(Oc5cccnc5)C4)C(=O)N32)n1. The molecular weight excluding hydrogens is 320 g/mol. The lowest BCUT2D eigenvalue weighted by Gasteiger charge is -2.42. The van der Waals surface area contributed by atoms with Crippen molar-refractivity contribution in [3.05, 3.63) is 42.5 Å². The molecule has 2 atom stereocenters. The van der Waals surface area contributed by atoms with Crippen LogP contribution in [0.2, 0.25) is 0 Å². The lowest BCUT2D eigenvalue weighted by atomic mass is 9.76. The van der Waals surface area contributed by atoms with E-state index in [1.54, 1.807) is 17.1 Å². The number of aromatic nitrogens is 3. The van der Waals surface area contributed by atoms with Gasteiger partial charge in [0.05, 0.1) is 17.9 Å². The summed E-state index contributed by atoms with van der Waals surface area (Å²) in [6, 6.07) is 5.73. The highest BCUT2D eigenvalue weighted by atomic mass is 16.6. The molecule has 5 rings (SSSR count). The van der Waals surface area contributed by atoms with Crippen molar-refractivity contribution >= 4 is 5.91 Å². The highest BCUT2D eigenvalue weighted by molar-refractivity contribution is 5.89. The molecule has 0 unspecified atom stereocenters. The second kappa shape index (κ2) is 5.29. The number of rotatable bonds is 3. The van der Waals surface area contributed by atoms with Crippen molar-refractivity contribution in [2.75, 3.05) is 0 Å². The van der Waals surface area contributed by atoms with Gasteiger partial charge in [-0.05, 0) is 31.0 Å². The van der Waals surface area contributed by atoms with E-state index in [9.17, 15) is 4.79 Å². The van der Waals surface area contributed by atoms with Crippen LogP contribution in [-0.2, 0) is 16.6 Å². The van der Waals surface area contributed by atoms with E-state index in [2.05, 4.69) is 10.1 Å². The van der Waals surface area contributed by atoms with Crippen LogP contribution in [0.25, 0.3) is 0 Å². The second-order valence-electron chi connectivity index (χ2n) is 7.12. The van der Waals surface area contributed by atoms with Crippen molar-refractivity contribution in [2.24, 2.45) is 7.05 Å². The quantitative estimate of drug-likeness (QED) is 0.852. The van der Waals surface area contributed by atoms with Gasteiger partial charge in [0.2, 0.25) is 0 Å². The first-order chi connectivity index (χ1) is 12.1. The smallest absolute Gasteiger partial charge is 0.257 e. The molecule has 0 aromatic carbocycles. The summed E-state index contributed by atoms with van der Waals surface area (Å²) >= 11 is 0. The van der Waals surface area contributed by atoms with Gasteiger partial charge in [-0.2, -0.15) is 5.10 Å². The van der Waals surface area contributed by atoms with Crippen LogP contribution in [0.15, 0.2) is 36.8 Å². The fraction of sp³-hybridized carbons (Fsp3) is 0.500. The van der Waals surface area contributed by atoms with Crippen molar-refractivity contribution < 1.29 is 14.3 Å². The first kappa shape index (κ1) is 14.9. The van der Waals surface area contributed by atoms with Gasteiger partial charge in [-0.3, -0.25) is 14.5 Å². The van der Waals surface area contributed by atoms with Crippen molar-refractivity contribution in [2.45, 2.75) is 49.7 Å². The highest BCUT2D eigenvalue weighted by Crippen LogP contribution is 2.51. The molecule has 3 aliphatic rings. The lowest BCUT2D eigenvalue weighted by molar-refractivity contribution is -0.162. The van der Waals surface area contributed by atoms with Crippen LogP contribution in [-0.4, -0.2) is 43.5 Å². The monoisotopic (exact) mass is 340 g/mol. The Balaban J connectivity index is 1.30. The van der Waals surface area contributed by atoms with Gasteiger partial charge in [0.25, 0.3) is 5.91 Å². The zero-order chi connectivity index (χ0) is 17.0. The van der Waals surface area contributed by atoms with Gasteiger partial charge in [-0.25, -0.2) is 0 Å². The Labute approximate surface area is 145 Å². The molecule has 0 radical (unpaired) electrons. The lowest BCUT2D eigenvalue weighted by Crippen LogP contribution is -2.56. The van der Waals surface area contributed by atoms with Crippen molar-refractivity contribution in [3.63, 3.8) is 0 Å². The van der Waals surface area contributed by atoms with E-state index in [1.807, 2.05) is 36.3 Å². The van der Waals surface area contributed by atoms with E-state index < -0.39 is 5.60 Å². The molecule has 2 aromatic heterocycles. The molecule has 1 aliphatic carbocycles. The number of amides is 1. The summed E-state index contributed by atoms with van der Waals surface area (Å²) < 4.78 is 13.9. The number of hydrogen-bond donors (Lipinski definition) is 0. The number of pyridine rings is 1. The number of aryl methyl sites for hydroxylation is 1. The Morgan fingerprint density at radius 3 is 2.92 bits per heavy atom. The maximum Gasteiger partial charge on any atom is 0.257 e. The predicted octanol–water partition coefficient (Wildman–Crippen LogP) is 1.82. The third-order valence-electron chi connectivity index (χ3n) is 5.45. The number of ether oxygens (including phenoxy) is 2. The average Bonchev–Trinajstić information content (AvgIpc) is 3.24. The normalized spacial score (nSPS) is 33.6. The van der Waals surface area contributed by atoms with Crippen molar-refractivity contribution in [1.82, 2.24) is 19.7 Å². The van der Waals surface area contributed by atoms with Crippen LogP contribution in [0.3, 0.4) is 0 Å². The van der Waals surface area contributed by atoms with E-state index in [0.29, 0.717) is 12.8 Å². The first-order valence-corrected chi connectivity index (χ1v) is 8.71. The molecule has 1 spiro atoms. The largest absolute Gasteiger partial charge is 0.489 e. The maximum absolute atomic E-state index is 13.1. The van der Waals surface area contributed by atoms with Crippen LogP contribution < -0.4 is 4.74 Å². The minimum absolute atomic E-state index is 0.00137. The molecule has 2 saturated heterocycles. The topological polar surface area (TPSA) is 69.5 Å². The summed E-state index contributed by atoms with van der Waals surface area (Å²) in [5.41, 5.74) is 0.242. The van der Waals surface area contributed by atoms with Crippen LogP contribution in [0.1, 0.15) is 37.4 Å². The summed E-state index contributed by atoms with van der Waals surface area (Å²) in [5.74, 6) is 0.830. The molecule has 0 bridgehead atoms. The Bertz CT molecular complexity index is 800. The van der Waals surface area contributed by atoms with Gasteiger partial charge >= 0.3 is 0 Å². The van der Waals surface area contributed by atoms with Gasteiger partial charge < -0.3 is 14.4 Å². The van der Waals surface area contributed by atoms with Gasteiger partial charge in [0.15, 0.2) is 5.60 Å². The molecule has 130 valence electrons. The standard InChI is InChI=1S/C18H20N4O3/c1-21-8-6-14(20-21)15-4-5-16-22(15)17(23)18(25-16)9-13(10-18)24-12-3-2-7-19-11-12/h2-3,6-8,11,13,15-16H,4-5,9-10H2,1H3/t13?,15-,16+,18?/m0/s1. The summed E-state index contributed by atoms with van der Waals surface area (Å²) in [6.45, 7) is 0. The van der Waals surface area contributed by atoms with E-state index >= 15 is 0 Å². The minimum atomic E-state index is -0.703. The zero-order valence-electron chi connectivity index (χ0n) is 14.0. The molecule has 4 heterocycles. The van der Waals surface area contributed by atoms with E-state index in [1.165, 1.54) is 0 Å². The van der Waals surface area contributed by atoms with Gasteiger partial charge in [-0.15, -0.1) is 0 Å². The zero-order valence-corrected chi connectivity index (χ0v) is 14.0. The van der Waals surface area contributed by atoms with E-state index in [4.69, 9.17) is 9.47 Å². The molecule has 25 heavy (non-hydrogen) atoms. The number of carbonyl (C=O) groups excluding carboxylic acids is 1. The molecular formula is C18H20N4O3. The van der Waals surface area contributed by atoms with Crippen LogP contribution in [0, 0.1) is 0 Å². The van der Waals surface area contributed by atoms with Crippen LogP contribution in [0.4, 0.5) is 0 Å². The number of nitrogens with zero attached hydrogens (tertiary/aromatic N) is 4. The Hall–Kier alpha value is -2.41. The van der Waals surface area contributed by atoms with Crippen molar-refractivity contribution in [1.29, 1.82) is 0 Å². The van der Waals surface area contributed by atoms with Gasteiger partial charge in [0, 0.05) is 32.3 Å². The number of carbonyl (C=O) groups is 1. The Morgan fingerprint density at radius 1 is 1.32 bits per heavy atom. The summed E-state index contributed by atoms with van der Waals surface area (Å²) in [4.78, 5) is 19.0. The van der Waals surface area contributed by atoms with Gasteiger partial charge in [-0.1, -0.05) is 0 Å². The molecule has 0 N–H and O–H groups in total. The van der Waals surface area contributed by atoms with Crippen molar-refractivity contribution in [3.8, 4) is 5.75 Å². The molecule has 2 aliphatic heterocycles. The molecule has 2 aromatic rings. The fourth-order valence-electron chi connectivity index (χ4n) is 4.25. The number of hydrogen-bond acceptors (Lipinski definition) is 5. The third-order valence-corrected chi connectivity index (χ3v) is 5.45. The number of fused-ring (bicyclic) bond motifs is 1. The Kier molecular flexibility index (Phi) is 3.15. The molecule has 3 fully saturated rings. The molecule has 7 nitrogen and oxygen atoms in total. The van der Waals surface area contributed by atoms with Crippen LogP contribution >= 0.6 is 0 Å². The van der Waals surface area contributed by atoms with Gasteiger partial charge in [0.1, 0.15) is 18.1 Å². The van der Waals surface area contributed by atoms with Crippen LogP contribution in [0.5, 0.6) is 5.75 Å². The molecule has 1 amide bonds. The summed E-state index contributed by atoms with van der Waals surface area (Å²) in [6.07, 6.45) is 8.16. The highest BCUT2D eigenvalue weighted by Gasteiger charge is 2.63. The average molecular weight is 340 g/mol. The minimum Gasteiger partial charge on any atom is -0.489 e. The third kappa shape index (κ3) is 2.26. The Morgan fingerprint density at radius 2 is 2.20 bits per heavy atom. The predicted molar refractivity (Wildman–Crippen MR) is 87.5 cm³/mol. The first-order valence-electron chi connectivity index (χ1n) is 8.71. The second-order valence-corrected chi connectivity index (χ2v) is 7.12. The maximum atomic E-state index is 13.1. The van der Waals surface area contributed by atoms with E-state index in [-0.39, 0.29) is 24.3 Å². The summed E-state index contributed by atoms with van der Waals surface area (Å²) in [7, 11) is 1.89. The summed E-state index contributed by atoms with van der Waals surface area (Å²) in [5, 5.41) is 4.49. The molecule has 7 heteroatoms.